The monoisotopic (exact) mass is 460 g/mol. The van der Waals surface area contributed by atoms with Crippen LogP contribution in [0.4, 0.5) is 22.7 Å². The molecule has 0 saturated heterocycles. The number of carboxylic acids is 1. The topological polar surface area (TPSA) is 210 Å². The fourth-order valence-corrected chi connectivity index (χ4v) is 3.62. The molecule has 3 aromatic rings. The molecule has 0 bridgehead atoms. The summed E-state index contributed by atoms with van der Waals surface area (Å²) in [6, 6.07) is 14.4. The lowest BCUT2D eigenvalue weighted by atomic mass is 10.2. The van der Waals surface area contributed by atoms with Crippen LogP contribution >= 0.6 is 0 Å². The first-order valence-electron chi connectivity index (χ1n) is 8.55. The van der Waals surface area contributed by atoms with E-state index >= 15 is 0 Å². The predicted molar refractivity (Wildman–Crippen MR) is 114 cm³/mol. The summed E-state index contributed by atoms with van der Waals surface area (Å²) in [6.07, 6.45) is 0. The SMILES string of the molecule is Nc1ccc(S(=O)(=O)c2ccc(N)cc2)cc1.O=C(O)c1cc([N+](=O)[O-])cc([N+](=O)[O-])c1. The molecule has 0 aliphatic heterocycles. The number of benzene rings is 3. The Hall–Kier alpha value is -4.52. The average Bonchev–Trinajstić information content (AvgIpc) is 2.74. The summed E-state index contributed by atoms with van der Waals surface area (Å²) in [4.78, 5) is 29.8. The number of aromatic carboxylic acids is 1. The minimum atomic E-state index is -3.48. The standard InChI is InChI=1S/C12H12N2O2S.C7H4N2O6/c13-9-1-5-11(6-2-9)17(15,16)12-7-3-10(14)4-8-12;10-7(11)4-1-5(8(12)13)3-6(2-4)9(14)15/h1-8H,13-14H2;1-3H,(H,10,11). The Bertz CT molecular complexity index is 1140. The van der Waals surface area contributed by atoms with Crippen LogP contribution in [-0.4, -0.2) is 29.3 Å². The van der Waals surface area contributed by atoms with E-state index in [2.05, 4.69) is 0 Å². The van der Waals surface area contributed by atoms with Crippen LogP contribution in [0.2, 0.25) is 0 Å². The molecule has 166 valence electrons. The number of rotatable bonds is 5. The second-order valence-corrected chi connectivity index (χ2v) is 8.15. The van der Waals surface area contributed by atoms with Gasteiger partial charge in [-0.05, 0) is 48.5 Å². The number of nitrogens with zero attached hydrogens (tertiary/aromatic N) is 2. The smallest absolute Gasteiger partial charge is 0.336 e. The average molecular weight is 460 g/mol. The van der Waals surface area contributed by atoms with E-state index < -0.39 is 42.6 Å². The zero-order chi connectivity index (χ0) is 24.1. The Kier molecular flexibility index (Phi) is 7.07. The van der Waals surface area contributed by atoms with E-state index in [9.17, 15) is 33.4 Å². The zero-order valence-electron chi connectivity index (χ0n) is 16.1. The van der Waals surface area contributed by atoms with Crippen molar-refractivity contribution in [2.45, 2.75) is 9.79 Å². The fraction of sp³-hybridized carbons (Fsp3) is 0. The van der Waals surface area contributed by atoms with Crippen LogP contribution < -0.4 is 11.5 Å². The van der Waals surface area contributed by atoms with Gasteiger partial charge in [-0.25, -0.2) is 13.2 Å². The van der Waals surface area contributed by atoms with Gasteiger partial charge in [-0.2, -0.15) is 0 Å². The van der Waals surface area contributed by atoms with Crippen LogP contribution in [0.1, 0.15) is 10.4 Å². The molecule has 3 rings (SSSR count). The number of nitrogen functional groups attached to an aromatic ring is 2. The zero-order valence-corrected chi connectivity index (χ0v) is 16.9. The van der Waals surface area contributed by atoms with E-state index in [1.54, 1.807) is 24.3 Å². The number of nitro benzene ring substituents is 2. The molecule has 12 nitrogen and oxygen atoms in total. The van der Waals surface area contributed by atoms with Crippen molar-refractivity contribution < 1.29 is 28.2 Å². The molecule has 0 spiro atoms. The normalized spacial score (nSPS) is 10.5. The van der Waals surface area contributed by atoms with E-state index in [4.69, 9.17) is 16.6 Å². The van der Waals surface area contributed by atoms with Gasteiger partial charge >= 0.3 is 5.97 Å². The lowest BCUT2D eigenvalue weighted by Crippen LogP contribution is -2.02. The van der Waals surface area contributed by atoms with Crippen molar-refractivity contribution in [3.63, 3.8) is 0 Å². The number of hydrogen-bond donors (Lipinski definition) is 3. The third-order valence-electron chi connectivity index (χ3n) is 3.95. The Morgan fingerprint density at radius 1 is 0.750 bits per heavy atom. The molecular formula is C19H16N4O8S. The molecule has 0 unspecified atom stereocenters. The summed E-state index contributed by atoms with van der Waals surface area (Å²) >= 11 is 0. The highest BCUT2D eigenvalue weighted by atomic mass is 32.2. The van der Waals surface area contributed by atoms with Crippen LogP contribution in [0.5, 0.6) is 0 Å². The Morgan fingerprint density at radius 3 is 1.38 bits per heavy atom. The van der Waals surface area contributed by atoms with Gasteiger partial charge in [0.15, 0.2) is 0 Å². The van der Waals surface area contributed by atoms with Gasteiger partial charge in [-0.15, -0.1) is 0 Å². The quantitative estimate of drug-likeness (QED) is 0.288. The highest BCUT2D eigenvalue weighted by molar-refractivity contribution is 7.91. The predicted octanol–water partition coefficient (Wildman–Crippen LogP) is 2.89. The number of nitro groups is 2. The first kappa shape index (κ1) is 23.8. The van der Waals surface area contributed by atoms with Gasteiger partial charge in [0, 0.05) is 23.5 Å². The minimum Gasteiger partial charge on any atom is -0.478 e. The lowest BCUT2D eigenvalue weighted by molar-refractivity contribution is -0.394. The van der Waals surface area contributed by atoms with Gasteiger partial charge in [0.2, 0.25) is 9.84 Å². The maximum atomic E-state index is 12.2. The first-order chi connectivity index (χ1) is 14.9. The second kappa shape index (κ2) is 9.53. The third-order valence-corrected chi connectivity index (χ3v) is 5.74. The van der Waals surface area contributed by atoms with Gasteiger partial charge < -0.3 is 16.6 Å². The molecule has 13 heteroatoms. The van der Waals surface area contributed by atoms with Crippen molar-refractivity contribution in [2.24, 2.45) is 0 Å². The molecule has 3 aromatic carbocycles. The molecule has 0 amide bonds. The van der Waals surface area contributed by atoms with Gasteiger partial charge in [-0.1, -0.05) is 0 Å². The van der Waals surface area contributed by atoms with E-state index in [0.29, 0.717) is 17.4 Å². The van der Waals surface area contributed by atoms with Crippen LogP contribution in [0, 0.1) is 20.2 Å². The molecule has 0 aromatic heterocycles. The minimum absolute atomic E-state index is 0.219. The summed E-state index contributed by atoms with van der Waals surface area (Å²) in [6.45, 7) is 0. The Labute approximate surface area is 180 Å². The fourth-order valence-electron chi connectivity index (χ4n) is 2.36. The van der Waals surface area contributed by atoms with Crippen LogP contribution in [-0.2, 0) is 9.84 Å². The molecule has 5 N–H and O–H groups in total. The van der Waals surface area contributed by atoms with Crippen molar-refractivity contribution in [1.29, 1.82) is 0 Å². The van der Waals surface area contributed by atoms with Gasteiger partial charge in [0.1, 0.15) is 0 Å². The summed E-state index contributed by atoms with van der Waals surface area (Å²) in [7, 11) is -3.48. The largest absolute Gasteiger partial charge is 0.478 e. The second-order valence-electron chi connectivity index (χ2n) is 6.20. The van der Waals surface area contributed by atoms with Crippen LogP contribution in [0.15, 0.2) is 76.5 Å². The number of anilines is 2. The number of hydrogen-bond acceptors (Lipinski definition) is 9. The summed E-state index contributed by atoms with van der Waals surface area (Å²) < 4.78 is 24.3. The summed E-state index contributed by atoms with van der Waals surface area (Å²) in [5.74, 6) is -1.46. The molecule has 0 atom stereocenters. The van der Waals surface area contributed by atoms with Gasteiger partial charge in [0.25, 0.3) is 11.4 Å². The van der Waals surface area contributed by atoms with E-state index in [0.717, 1.165) is 12.1 Å². The lowest BCUT2D eigenvalue weighted by Gasteiger charge is -2.05. The molecule has 0 aliphatic carbocycles. The number of non-ortho nitro benzene ring substituents is 2. The highest BCUT2D eigenvalue weighted by Gasteiger charge is 2.19. The summed E-state index contributed by atoms with van der Waals surface area (Å²) in [5.41, 5.74) is 10.4. The molecule has 0 fully saturated rings. The number of carbonyl (C=O) groups is 1. The van der Waals surface area contributed by atoms with E-state index in [1.165, 1.54) is 24.3 Å². The van der Waals surface area contributed by atoms with Gasteiger partial charge in [0.05, 0.1) is 31.3 Å². The molecule has 32 heavy (non-hydrogen) atoms. The Morgan fingerprint density at radius 2 is 1.09 bits per heavy atom. The maximum Gasteiger partial charge on any atom is 0.336 e. The molecule has 0 aliphatic rings. The van der Waals surface area contributed by atoms with Crippen molar-refractivity contribution in [1.82, 2.24) is 0 Å². The van der Waals surface area contributed by atoms with Crippen molar-refractivity contribution in [2.75, 3.05) is 11.5 Å². The van der Waals surface area contributed by atoms with Gasteiger partial charge in [-0.3, -0.25) is 20.2 Å². The Balaban J connectivity index is 0.000000229. The molecule has 0 radical (unpaired) electrons. The van der Waals surface area contributed by atoms with E-state index in [-0.39, 0.29) is 9.79 Å². The number of nitrogens with two attached hydrogens (primary N) is 2. The van der Waals surface area contributed by atoms with E-state index in [1.807, 2.05) is 0 Å². The number of sulfone groups is 1. The molecular weight excluding hydrogens is 444 g/mol. The third kappa shape index (κ3) is 5.76. The molecule has 0 saturated carbocycles. The first-order valence-corrected chi connectivity index (χ1v) is 10.0. The molecule has 0 heterocycles. The highest BCUT2D eigenvalue weighted by Crippen LogP contribution is 2.23. The van der Waals surface area contributed by atoms with Crippen molar-refractivity contribution >= 4 is 38.6 Å². The van der Waals surface area contributed by atoms with Crippen LogP contribution in [0.25, 0.3) is 0 Å². The summed E-state index contributed by atoms with van der Waals surface area (Å²) in [5, 5.41) is 29.2. The van der Waals surface area contributed by atoms with Crippen molar-refractivity contribution in [3.8, 4) is 0 Å². The number of carboxylic acid groups (broad SMARTS) is 1. The van der Waals surface area contributed by atoms with Crippen molar-refractivity contribution in [3.05, 3.63) is 92.5 Å². The van der Waals surface area contributed by atoms with Crippen LogP contribution in [0.3, 0.4) is 0 Å². The maximum absolute atomic E-state index is 12.2.